The van der Waals surface area contributed by atoms with Gasteiger partial charge in [0.1, 0.15) is 6.04 Å². The molecular formula is C26H25N5O2S2. The van der Waals surface area contributed by atoms with E-state index in [1.54, 1.807) is 18.3 Å². The Kier molecular flexibility index (Phi) is 6.04. The average molecular weight is 504 g/mol. The van der Waals surface area contributed by atoms with Crippen molar-refractivity contribution in [3.63, 3.8) is 0 Å². The predicted molar refractivity (Wildman–Crippen MR) is 143 cm³/mol. The van der Waals surface area contributed by atoms with Crippen LogP contribution in [0.5, 0.6) is 0 Å². The molecule has 0 saturated carbocycles. The first kappa shape index (κ1) is 23.1. The number of pyridine rings is 1. The Balaban J connectivity index is 1.60. The van der Waals surface area contributed by atoms with Gasteiger partial charge in [-0.1, -0.05) is 23.8 Å². The van der Waals surface area contributed by atoms with Gasteiger partial charge in [-0.25, -0.2) is 8.42 Å². The third-order valence-corrected chi connectivity index (χ3v) is 6.86. The molecule has 0 amide bonds. The van der Waals surface area contributed by atoms with Gasteiger partial charge in [0, 0.05) is 35.1 Å². The second kappa shape index (κ2) is 9.16. The molecule has 1 fully saturated rings. The van der Waals surface area contributed by atoms with Gasteiger partial charge < -0.3 is 14.8 Å². The summed E-state index contributed by atoms with van der Waals surface area (Å²) in [5.41, 5.74) is 5.53. The molecule has 2 atom stereocenters. The van der Waals surface area contributed by atoms with Crippen molar-refractivity contribution >= 4 is 38.7 Å². The van der Waals surface area contributed by atoms with Crippen LogP contribution in [0.1, 0.15) is 29.0 Å². The van der Waals surface area contributed by atoms with Crippen LogP contribution in [0.4, 0.5) is 11.4 Å². The highest BCUT2D eigenvalue weighted by Crippen LogP contribution is 2.42. The molecule has 1 aliphatic heterocycles. The van der Waals surface area contributed by atoms with Crippen molar-refractivity contribution in [1.82, 2.24) is 14.9 Å². The summed E-state index contributed by atoms with van der Waals surface area (Å²) in [5.74, 6) is 0. The normalized spacial score (nSPS) is 17.9. The van der Waals surface area contributed by atoms with Crippen molar-refractivity contribution in [2.75, 3.05) is 15.9 Å². The van der Waals surface area contributed by atoms with Gasteiger partial charge in [-0.3, -0.25) is 9.71 Å². The van der Waals surface area contributed by atoms with E-state index in [-0.39, 0.29) is 12.1 Å². The van der Waals surface area contributed by atoms with Crippen LogP contribution in [-0.4, -0.2) is 29.3 Å². The molecule has 7 nitrogen and oxygen atoms in total. The van der Waals surface area contributed by atoms with Crippen molar-refractivity contribution in [3.8, 4) is 5.69 Å². The minimum Gasteiger partial charge on any atom is -0.351 e. The second-order valence-electron chi connectivity index (χ2n) is 8.56. The van der Waals surface area contributed by atoms with Crippen LogP contribution in [-0.2, 0) is 10.0 Å². The molecule has 2 unspecified atom stereocenters. The first-order valence-corrected chi connectivity index (χ1v) is 13.4. The maximum Gasteiger partial charge on any atom is 0.229 e. The molecule has 2 aromatic heterocycles. The fourth-order valence-corrected chi connectivity index (χ4v) is 5.32. The van der Waals surface area contributed by atoms with Gasteiger partial charge in [-0.15, -0.1) is 0 Å². The highest BCUT2D eigenvalue weighted by molar-refractivity contribution is 7.92. The zero-order valence-corrected chi connectivity index (χ0v) is 20.9. The van der Waals surface area contributed by atoms with E-state index in [0.29, 0.717) is 10.8 Å². The molecule has 5 rings (SSSR count). The Morgan fingerprint density at radius 1 is 0.943 bits per heavy atom. The summed E-state index contributed by atoms with van der Waals surface area (Å²) in [5, 5.41) is 4.04. The molecule has 2 aromatic carbocycles. The summed E-state index contributed by atoms with van der Waals surface area (Å²) in [6.45, 7) is 2.07. The number of anilines is 2. The number of hydrogen-bond acceptors (Lipinski definition) is 4. The summed E-state index contributed by atoms with van der Waals surface area (Å²) in [6.07, 6.45) is 4.96. The molecule has 0 aliphatic carbocycles. The summed E-state index contributed by atoms with van der Waals surface area (Å²) in [4.78, 5) is 6.69. The number of sulfonamides is 1. The van der Waals surface area contributed by atoms with E-state index in [2.05, 4.69) is 61.7 Å². The topological polar surface area (TPSA) is 79.3 Å². The smallest absolute Gasteiger partial charge is 0.229 e. The molecule has 4 aromatic rings. The molecule has 0 bridgehead atoms. The quantitative estimate of drug-likeness (QED) is 0.371. The molecule has 178 valence electrons. The lowest BCUT2D eigenvalue weighted by Crippen LogP contribution is -2.30. The molecule has 2 N–H and O–H groups in total. The largest absolute Gasteiger partial charge is 0.351 e. The van der Waals surface area contributed by atoms with Crippen LogP contribution in [0.25, 0.3) is 5.69 Å². The number of nitrogens with one attached hydrogen (secondary N) is 2. The summed E-state index contributed by atoms with van der Waals surface area (Å²) in [6, 6.07) is 25.2. The summed E-state index contributed by atoms with van der Waals surface area (Å²) < 4.78 is 27.9. The van der Waals surface area contributed by atoms with Gasteiger partial charge in [0.2, 0.25) is 10.0 Å². The standard InChI is InChI=1S/C26H25N5O2S2/c1-18-8-12-20(13-9-18)30-17-5-7-23(30)25-24(22-6-3-4-16-27-22)28-26(34)31(25)21-14-10-19(11-15-21)29-35(2,32)33/h3-17,24-25,29H,1-2H3,(H,28,34). The molecule has 0 radical (unpaired) electrons. The lowest BCUT2D eigenvalue weighted by Gasteiger charge is -2.29. The van der Waals surface area contributed by atoms with Crippen molar-refractivity contribution < 1.29 is 8.42 Å². The van der Waals surface area contributed by atoms with E-state index in [1.807, 2.05) is 42.6 Å². The highest BCUT2D eigenvalue weighted by atomic mass is 32.2. The number of hydrogen-bond donors (Lipinski definition) is 2. The molecular weight excluding hydrogens is 478 g/mol. The summed E-state index contributed by atoms with van der Waals surface area (Å²) >= 11 is 5.81. The Hall–Kier alpha value is -3.69. The molecule has 0 spiro atoms. The van der Waals surface area contributed by atoms with E-state index in [9.17, 15) is 8.42 Å². The minimum atomic E-state index is -3.36. The predicted octanol–water partition coefficient (Wildman–Crippen LogP) is 4.73. The van der Waals surface area contributed by atoms with Crippen molar-refractivity contribution in [2.45, 2.75) is 19.0 Å². The Morgan fingerprint density at radius 3 is 2.31 bits per heavy atom. The number of benzene rings is 2. The number of aromatic nitrogens is 2. The van der Waals surface area contributed by atoms with Gasteiger partial charge in [-0.2, -0.15) is 0 Å². The maximum atomic E-state index is 11.6. The first-order valence-electron chi connectivity index (χ1n) is 11.1. The van der Waals surface area contributed by atoms with Crippen LogP contribution in [0.15, 0.2) is 91.3 Å². The number of aryl methyl sites for hydroxylation is 1. The van der Waals surface area contributed by atoms with Gasteiger partial charge in [0.05, 0.1) is 18.0 Å². The molecule has 3 heterocycles. The van der Waals surface area contributed by atoms with Crippen LogP contribution < -0.4 is 14.9 Å². The van der Waals surface area contributed by atoms with Gasteiger partial charge in [0.15, 0.2) is 5.11 Å². The van der Waals surface area contributed by atoms with E-state index in [1.165, 1.54) is 5.56 Å². The van der Waals surface area contributed by atoms with Crippen molar-refractivity contribution in [2.24, 2.45) is 0 Å². The van der Waals surface area contributed by atoms with Crippen LogP contribution in [0.2, 0.25) is 0 Å². The van der Waals surface area contributed by atoms with Gasteiger partial charge in [-0.05, 0) is 79.8 Å². The van der Waals surface area contributed by atoms with Gasteiger partial charge in [0.25, 0.3) is 0 Å². The van der Waals surface area contributed by atoms with E-state index in [4.69, 9.17) is 12.2 Å². The Morgan fingerprint density at radius 2 is 1.66 bits per heavy atom. The fraction of sp³-hybridized carbons (Fsp3) is 0.154. The number of thiocarbonyl (C=S) groups is 1. The highest BCUT2D eigenvalue weighted by Gasteiger charge is 2.42. The lowest BCUT2D eigenvalue weighted by atomic mass is 10.0. The van der Waals surface area contributed by atoms with Crippen LogP contribution >= 0.6 is 12.2 Å². The van der Waals surface area contributed by atoms with Crippen molar-refractivity contribution in [3.05, 3.63) is 108 Å². The number of nitrogens with zero attached hydrogens (tertiary/aromatic N) is 3. The molecule has 35 heavy (non-hydrogen) atoms. The Bertz CT molecular complexity index is 1450. The monoisotopic (exact) mass is 503 g/mol. The van der Waals surface area contributed by atoms with Crippen LogP contribution in [0.3, 0.4) is 0 Å². The second-order valence-corrected chi connectivity index (χ2v) is 10.7. The third-order valence-electron chi connectivity index (χ3n) is 5.94. The minimum absolute atomic E-state index is 0.184. The SMILES string of the molecule is Cc1ccc(-n2cccc2C2C(c3ccccn3)NC(=S)N2c2ccc(NS(C)(=O)=O)cc2)cc1. The van der Waals surface area contributed by atoms with Crippen molar-refractivity contribution in [1.29, 1.82) is 0 Å². The Labute approximate surface area is 210 Å². The van der Waals surface area contributed by atoms with E-state index >= 15 is 0 Å². The zero-order chi connectivity index (χ0) is 24.6. The van der Waals surface area contributed by atoms with E-state index in [0.717, 1.165) is 29.0 Å². The van der Waals surface area contributed by atoms with E-state index < -0.39 is 10.0 Å². The fourth-order valence-electron chi connectivity index (χ4n) is 4.41. The third kappa shape index (κ3) is 4.78. The van der Waals surface area contributed by atoms with Gasteiger partial charge >= 0.3 is 0 Å². The molecule has 9 heteroatoms. The summed E-state index contributed by atoms with van der Waals surface area (Å²) in [7, 11) is -3.36. The lowest BCUT2D eigenvalue weighted by molar-refractivity contribution is 0.549. The maximum absolute atomic E-state index is 11.6. The molecule has 1 aliphatic rings. The first-order chi connectivity index (χ1) is 16.8. The molecule has 1 saturated heterocycles. The number of rotatable bonds is 6. The van der Waals surface area contributed by atoms with Crippen LogP contribution in [0, 0.1) is 6.92 Å². The average Bonchev–Trinajstić information content (AvgIpc) is 3.44. The zero-order valence-electron chi connectivity index (χ0n) is 19.3.